The SMILES string of the molecule is COc1ccc2c(c1)CCN(S(=O)(=O)Cc1noc3ccccc13)C2. The molecule has 2 heterocycles. The second-order valence-electron chi connectivity index (χ2n) is 6.10. The Labute approximate surface area is 146 Å². The van der Waals surface area contributed by atoms with Crippen LogP contribution in [0.2, 0.25) is 0 Å². The van der Waals surface area contributed by atoms with Gasteiger partial charge in [0.2, 0.25) is 10.0 Å². The molecule has 0 unspecified atom stereocenters. The number of sulfonamides is 1. The highest BCUT2D eigenvalue weighted by atomic mass is 32.2. The van der Waals surface area contributed by atoms with Gasteiger partial charge >= 0.3 is 0 Å². The molecule has 1 aromatic heterocycles. The van der Waals surface area contributed by atoms with E-state index in [2.05, 4.69) is 5.16 Å². The van der Waals surface area contributed by atoms with Crippen LogP contribution < -0.4 is 4.74 Å². The zero-order valence-corrected chi connectivity index (χ0v) is 14.6. The van der Waals surface area contributed by atoms with Crippen molar-refractivity contribution in [3.05, 3.63) is 59.3 Å². The summed E-state index contributed by atoms with van der Waals surface area (Å²) in [4.78, 5) is 0. The molecule has 25 heavy (non-hydrogen) atoms. The number of ether oxygens (including phenoxy) is 1. The number of rotatable bonds is 4. The molecule has 0 saturated carbocycles. The fourth-order valence-corrected chi connectivity index (χ4v) is 4.62. The van der Waals surface area contributed by atoms with E-state index in [4.69, 9.17) is 9.26 Å². The van der Waals surface area contributed by atoms with E-state index in [0.717, 1.165) is 22.3 Å². The average molecular weight is 358 g/mol. The quantitative estimate of drug-likeness (QED) is 0.717. The minimum atomic E-state index is -3.48. The Morgan fingerprint density at radius 2 is 2.04 bits per heavy atom. The van der Waals surface area contributed by atoms with E-state index in [1.165, 1.54) is 4.31 Å². The van der Waals surface area contributed by atoms with Gasteiger partial charge in [-0.15, -0.1) is 0 Å². The van der Waals surface area contributed by atoms with Crippen molar-refractivity contribution in [2.45, 2.75) is 18.7 Å². The summed E-state index contributed by atoms with van der Waals surface area (Å²) in [6.07, 6.45) is 0.672. The van der Waals surface area contributed by atoms with Gasteiger partial charge < -0.3 is 9.26 Å². The van der Waals surface area contributed by atoms with Crippen LogP contribution in [-0.2, 0) is 28.7 Å². The monoisotopic (exact) mass is 358 g/mol. The molecule has 0 radical (unpaired) electrons. The molecule has 1 aliphatic rings. The van der Waals surface area contributed by atoms with E-state index in [1.807, 2.05) is 36.4 Å². The largest absolute Gasteiger partial charge is 0.497 e. The highest BCUT2D eigenvalue weighted by Gasteiger charge is 2.28. The minimum Gasteiger partial charge on any atom is -0.497 e. The number of aromatic nitrogens is 1. The average Bonchev–Trinajstić information content (AvgIpc) is 3.03. The maximum Gasteiger partial charge on any atom is 0.220 e. The number of fused-ring (bicyclic) bond motifs is 2. The molecule has 0 aliphatic carbocycles. The molecule has 0 saturated heterocycles. The maximum atomic E-state index is 12.8. The summed E-state index contributed by atoms with van der Waals surface area (Å²) < 4.78 is 37.7. The third-order valence-electron chi connectivity index (χ3n) is 4.56. The number of benzene rings is 2. The zero-order valence-electron chi connectivity index (χ0n) is 13.8. The van der Waals surface area contributed by atoms with Crippen molar-refractivity contribution in [1.82, 2.24) is 9.46 Å². The highest BCUT2D eigenvalue weighted by molar-refractivity contribution is 7.88. The summed E-state index contributed by atoms with van der Waals surface area (Å²) in [6, 6.07) is 13.1. The van der Waals surface area contributed by atoms with Gasteiger partial charge in [0.25, 0.3) is 0 Å². The molecule has 4 rings (SSSR count). The topological polar surface area (TPSA) is 72.6 Å². The molecular weight excluding hydrogens is 340 g/mol. The number of nitrogens with zero attached hydrogens (tertiary/aromatic N) is 2. The van der Waals surface area contributed by atoms with Gasteiger partial charge in [0.15, 0.2) is 5.58 Å². The number of para-hydroxylation sites is 1. The van der Waals surface area contributed by atoms with Crippen LogP contribution in [0.25, 0.3) is 11.0 Å². The van der Waals surface area contributed by atoms with Gasteiger partial charge in [0, 0.05) is 18.5 Å². The first-order valence-corrected chi connectivity index (χ1v) is 9.64. The second-order valence-corrected chi connectivity index (χ2v) is 8.07. The van der Waals surface area contributed by atoms with E-state index in [0.29, 0.717) is 30.8 Å². The zero-order chi connectivity index (χ0) is 17.4. The lowest BCUT2D eigenvalue weighted by Crippen LogP contribution is -2.36. The summed E-state index contributed by atoms with van der Waals surface area (Å²) in [5.41, 5.74) is 3.21. The van der Waals surface area contributed by atoms with Gasteiger partial charge in [0.05, 0.1) is 7.11 Å². The molecule has 0 spiro atoms. The molecule has 6 nitrogen and oxygen atoms in total. The predicted octanol–water partition coefficient (Wildman–Crippen LogP) is 2.72. The molecule has 7 heteroatoms. The fourth-order valence-electron chi connectivity index (χ4n) is 3.17. The lowest BCUT2D eigenvalue weighted by atomic mass is 10.0. The van der Waals surface area contributed by atoms with Crippen LogP contribution in [0.3, 0.4) is 0 Å². The fraction of sp³-hybridized carbons (Fsp3) is 0.278. The summed E-state index contributed by atoms with van der Waals surface area (Å²) in [6.45, 7) is 0.829. The van der Waals surface area contributed by atoms with E-state index < -0.39 is 10.0 Å². The van der Waals surface area contributed by atoms with Crippen molar-refractivity contribution in [3.63, 3.8) is 0 Å². The minimum absolute atomic E-state index is 0.157. The summed E-state index contributed by atoms with van der Waals surface area (Å²) in [5, 5.41) is 4.69. The standard InChI is InChI=1S/C18H18N2O4S/c1-23-15-7-6-14-11-20(9-8-13(14)10-15)25(21,22)12-17-16-4-2-3-5-18(16)24-19-17/h2-7,10H,8-9,11-12H2,1H3. The van der Waals surface area contributed by atoms with Crippen molar-refractivity contribution in [2.75, 3.05) is 13.7 Å². The molecule has 2 aromatic carbocycles. The Hall–Kier alpha value is -2.38. The van der Waals surface area contributed by atoms with Gasteiger partial charge in [-0.3, -0.25) is 0 Å². The molecule has 0 bridgehead atoms. The van der Waals surface area contributed by atoms with Crippen LogP contribution >= 0.6 is 0 Å². The van der Waals surface area contributed by atoms with Gasteiger partial charge in [-0.1, -0.05) is 23.4 Å². The Morgan fingerprint density at radius 3 is 2.88 bits per heavy atom. The normalized spacial score (nSPS) is 15.2. The number of methoxy groups -OCH3 is 1. The summed E-state index contributed by atoms with van der Waals surface area (Å²) in [5.74, 6) is 0.638. The van der Waals surface area contributed by atoms with E-state index in [-0.39, 0.29) is 5.75 Å². The van der Waals surface area contributed by atoms with Gasteiger partial charge in [-0.2, -0.15) is 4.31 Å². The summed E-state index contributed by atoms with van der Waals surface area (Å²) in [7, 11) is -1.85. The van der Waals surface area contributed by atoms with Crippen LogP contribution in [0.1, 0.15) is 16.8 Å². The molecule has 0 N–H and O–H groups in total. The van der Waals surface area contributed by atoms with Crippen molar-refractivity contribution < 1.29 is 17.7 Å². The first-order chi connectivity index (χ1) is 12.1. The van der Waals surface area contributed by atoms with Crippen LogP contribution in [0.5, 0.6) is 5.75 Å². The van der Waals surface area contributed by atoms with E-state index in [1.54, 1.807) is 13.2 Å². The van der Waals surface area contributed by atoms with Crippen molar-refractivity contribution >= 4 is 21.0 Å². The molecule has 0 atom stereocenters. The maximum absolute atomic E-state index is 12.8. The Bertz CT molecular complexity index is 1030. The molecule has 0 fully saturated rings. The smallest absolute Gasteiger partial charge is 0.220 e. The van der Waals surface area contributed by atoms with Gasteiger partial charge in [-0.25, -0.2) is 8.42 Å². The van der Waals surface area contributed by atoms with E-state index in [9.17, 15) is 8.42 Å². The van der Waals surface area contributed by atoms with Crippen molar-refractivity contribution in [3.8, 4) is 5.75 Å². The molecule has 3 aromatic rings. The predicted molar refractivity (Wildman–Crippen MR) is 93.7 cm³/mol. The van der Waals surface area contributed by atoms with E-state index >= 15 is 0 Å². The van der Waals surface area contributed by atoms with Crippen LogP contribution in [0, 0.1) is 0 Å². The molecule has 1 aliphatic heterocycles. The van der Waals surface area contributed by atoms with Gasteiger partial charge in [-0.05, 0) is 41.8 Å². The van der Waals surface area contributed by atoms with Gasteiger partial charge in [0.1, 0.15) is 17.2 Å². The number of hydrogen-bond donors (Lipinski definition) is 0. The second kappa shape index (κ2) is 6.16. The lowest BCUT2D eigenvalue weighted by molar-refractivity contribution is 0.384. The third-order valence-corrected chi connectivity index (χ3v) is 6.29. The third kappa shape index (κ3) is 3.01. The van der Waals surface area contributed by atoms with Crippen LogP contribution in [-0.4, -0.2) is 31.5 Å². The molecular formula is C18H18N2O4S. The van der Waals surface area contributed by atoms with Crippen molar-refractivity contribution in [1.29, 1.82) is 0 Å². The first-order valence-electron chi connectivity index (χ1n) is 8.04. The first kappa shape index (κ1) is 16.1. The molecule has 130 valence electrons. The highest BCUT2D eigenvalue weighted by Crippen LogP contribution is 2.27. The Balaban J connectivity index is 1.58. The van der Waals surface area contributed by atoms with Crippen molar-refractivity contribution in [2.24, 2.45) is 0 Å². The Morgan fingerprint density at radius 1 is 1.20 bits per heavy atom. The van der Waals surface area contributed by atoms with Crippen LogP contribution in [0.4, 0.5) is 0 Å². The Kier molecular flexibility index (Phi) is 3.97. The van der Waals surface area contributed by atoms with Crippen LogP contribution in [0.15, 0.2) is 47.0 Å². The summed E-state index contributed by atoms with van der Waals surface area (Å²) >= 11 is 0. The number of hydrogen-bond acceptors (Lipinski definition) is 5. The molecule has 0 amide bonds. The lowest BCUT2D eigenvalue weighted by Gasteiger charge is -2.28.